The normalized spacial score (nSPS) is 23.9. The number of hydrogen-bond acceptors (Lipinski definition) is 3. The minimum Gasteiger partial charge on any atom is -0.506 e. The molecule has 1 saturated heterocycles. The number of hydrogen-bond donors (Lipinski definition) is 3. The molecule has 2 aliphatic heterocycles. The third-order valence-corrected chi connectivity index (χ3v) is 6.41. The summed E-state index contributed by atoms with van der Waals surface area (Å²) in [7, 11) is 0. The van der Waals surface area contributed by atoms with Gasteiger partial charge in [-0.1, -0.05) is 0 Å². The average molecular weight is 388 g/mol. The summed E-state index contributed by atoms with van der Waals surface area (Å²) in [6.45, 7) is 6.57. The van der Waals surface area contributed by atoms with Gasteiger partial charge in [0.15, 0.2) is 0 Å². The van der Waals surface area contributed by atoms with Crippen LogP contribution in [0.15, 0.2) is 16.9 Å². The van der Waals surface area contributed by atoms with E-state index in [0.29, 0.717) is 36.5 Å². The van der Waals surface area contributed by atoms with Gasteiger partial charge in [0.05, 0.1) is 25.2 Å². The molecule has 6 nitrogen and oxygen atoms in total. The maximum absolute atomic E-state index is 14.1. The lowest BCUT2D eigenvalue weighted by molar-refractivity contribution is -0.909. The molecule has 150 valence electrons. The number of nitrogens with zero attached hydrogens (tertiary/aromatic N) is 1. The monoisotopic (exact) mass is 388 g/mol. The maximum Gasteiger partial charge on any atom is 0.267 e. The Balaban J connectivity index is 1.75. The first-order valence-electron chi connectivity index (χ1n) is 10.1. The number of likely N-dealkylation sites (tertiary alicyclic amines) is 1. The van der Waals surface area contributed by atoms with Crippen LogP contribution in [0.1, 0.15) is 55.1 Å². The molecule has 3 atom stereocenters. The van der Waals surface area contributed by atoms with Crippen molar-refractivity contribution in [1.82, 2.24) is 9.88 Å². The van der Waals surface area contributed by atoms with E-state index in [2.05, 4.69) is 12.2 Å². The van der Waals surface area contributed by atoms with Gasteiger partial charge < -0.3 is 19.9 Å². The molecule has 7 heteroatoms. The second-order valence-electron chi connectivity index (χ2n) is 8.06. The minimum absolute atomic E-state index is 0.116. The molecule has 1 amide bonds. The number of likely N-dealkylation sites (N-methyl/N-ethyl adjacent to an activating group) is 1. The van der Waals surface area contributed by atoms with Crippen LogP contribution in [-0.2, 0) is 6.42 Å². The largest absolute Gasteiger partial charge is 0.506 e. The van der Waals surface area contributed by atoms with Crippen molar-refractivity contribution >= 4 is 16.8 Å². The first kappa shape index (κ1) is 18.9. The Labute approximate surface area is 163 Å². The van der Waals surface area contributed by atoms with Gasteiger partial charge in [-0.15, -0.1) is 0 Å². The molecular weight excluding hydrogens is 361 g/mol. The summed E-state index contributed by atoms with van der Waals surface area (Å²) in [5.41, 5.74) is 0.444. The van der Waals surface area contributed by atoms with Crippen molar-refractivity contribution in [3.05, 3.63) is 39.4 Å². The van der Waals surface area contributed by atoms with Gasteiger partial charge in [-0.25, -0.2) is 4.39 Å². The Morgan fingerprint density at radius 3 is 2.93 bits per heavy atom. The number of nitrogens with one attached hydrogen (secondary N) is 2. The smallest absolute Gasteiger partial charge is 0.267 e. The molecule has 1 fully saturated rings. The highest BCUT2D eigenvalue weighted by molar-refractivity contribution is 6.03. The van der Waals surface area contributed by atoms with Gasteiger partial charge in [0.1, 0.15) is 23.2 Å². The standard InChI is InChI=1S/C21H26FN3O3/c1-3-24-8-4-5-15(24)11-23-20(27)17-19(26)16-10-14(22)9-13-7-6-12(2)25(18(13)16)21(17)28/h9-10,12,15,26H,3-8,11H2,1-2H3,(H,23,27)/p+1. The number of amides is 1. The van der Waals surface area contributed by atoms with Gasteiger partial charge in [-0.05, 0) is 44.4 Å². The average Bonchev–Trinajstić information content (AvgIpc) is 3.12. The fraction of sp³-hybridized carbons (Fsp3) is 0.524. The molecule has 3 N–H and O–H groups in total. The molecular formula is C21H27FN3O3+. The van der Waals surface area contributed by atoms with Crippen LogP contribution in [0.25, 0.3) is 10.9 Å². The zero-order chi connectivity index (χ0) is 20.0. The summed E-state index contributed by atoms with van der Waals surface area (Å²) in [5, 5.41) is 13.8. The molecule has 1 aromatic carbocycles. The molecule has 2 aliphatic rings. The molecule has 4 rings (SSSR count). The number of rotatable bonds is 4. The number of quaternary nitrogens is 1. The van der Waals surface area contributed by atoms with E-state index in [1.165, 1.54) is 17.0 Å². The second kappa shape index (κ2) is 7.20. The Morgan fingerprint density at radius 1 is 1.39 bits per heavy atom. The van der Waals surface area contributed by atoms with Crippen molar-refractivity contribution < 1.29 is 19.2 Å². The molecule has 0 aliphatic carbocycles. The number of halogens is 1. The Kier molecular flexibility index (Phi) is 4.87. The lowest BCUT2D eigenvalue weighted by atomic mass is 9.95. The third kappa shape index (κ3) is 2.98. The third-order valence-electron chi connectivity index (χ3n) is 6.41. The zero-order valence-corrected chi connectivity index (χ0v) is 16.3. The summed E-state index contributed by atoms with van der Waals surface area (Å²) >= 11 is 0. The van der Waals surface area contributed by atoms with Crippen LogP contribution in [0.4, 0.5) is 4.39 Å². The van der Waals surface area contributed by atoms with E-state index in [9.17, 15) is 19.1 Å². The van der Waals surface area contributed by atoms with Gasteiger partial charge in [0.25, 0.3) is 11.5 Å². The first-order valence-corrected chi connectivity index (χ1v) is 10.1. The molecule has 3 heterocycles. The SMILES string of the molecule is CC[NH+]1CCCC1CNC(=O)c1c(O)c2cc(F)cc3c2n(c1=O)C(C)CC3. The highest BCUT2D eigenvalue weighted by Crippen LogP contribution is 2.35. The summed E-state index contributed by atoms with van der Waals surface area (Å²) < 4.78 is 15.6. The van der Waals surface area contributed by atoms with E-state index in [0.717, 1.165) is 25.9 Å². The van der Waals surface area contributed by atoms with Crippen LogP contribution in [0.3, 0.4) is 0 Å². The zero-order valence-electron chi connectivity index (χ0n) is 16.3. The summed E-state index contributed by atoms with van der Waals surface area (Å²) in [5.74, 6) is -1.48. The Bertz CT molecular complexity index is 1000. The first-order chi connectivity index (χ1) is 13.4. The summed E-state index contributed by atoms with van der Waals surface area (Å²) in [6, 6.07) is 2.82. The number of carbonyl (C=O) groups excluding carboxylic acids is 1. The molecule has 3 unspecified atom stereocenters. The van der Waals surface area contributed by atoms with Crippen LogP contribution in [0.2, 0.25) is 0 Å². The van der Waals surface area contributed by atoms with Gasteiger partial charge in [-0.3, -0.25) is 9.59 Å². The van der Waals surface area contributed by atoms with Crippen molar-refractivity contribution in [2.45, 2.75) is 51.6 Å². The quantitative estimate of drug-likeness (QED) is 0.736. The van der Waals surface area contributed by atoms with Crippen molar-refractivity contribution in [3.63, 3.8) is 0 Å². The number of carbonyl (C=O) groups is 1. The fourth-order valence-corrected chi connectivity index (χ4v) is 4.89. The van der Waals surface area contributed by atoms with Crippen LogP contribution in [0, 0.1) is 5.82 Å². The highest BCUT2D eigenvalue weighted by atomic mass is 19.1. The topological polar surface area (TPSA) is 75.8 Å². The molecule has 0 saturated carbocycles. The van der Waals surface area contributed by atoms with Gasteiger partial charge >= 0.3 is 0 Å². The molecule has 0 spiro atoms. The predicted octanol–water partition coefficient (Wildman–Crippen LogP) is 1.15. The second-order valence-corrected chi connectivity index (χ2v) is 8.06. The van der Waals surface area contributed by atoms with E-state index in [-0.39, 0.29) is 17.0 Å². The number of aromatic hydroxyl groups is 1. The Hall–Kier alpha value is -2.41. The van der Waals surface area contributed by atoms with Crippen LogP contribution in [0.5, 0.6) is 5.75 Å². The van der Waals surface area contributed by atoms with Gasteiger partial charge in [0, 0.05) is 24.3 Å². The van der Waals surface area contributed by atoms with Crippen LogP contribution in [-0.4, -0.2) is 41.3 Å². The lowest BCUT2D eigenvalue weighted by Gasteiger charge is -2.27. The maximum atomic E-state index is 14.1. The van der Waals surface area contributed by atoms with E-state index in [1.54, 1.807) is 4.57 Å². The minimum atomic E-state index is -0.584. The van der Waals surface area contributed by atoms with Gasteiger partial charge in [0.2, 0.25) is 0 Å². The molecule has 28 heavy (non-hydrogen) atoms. The van der Waals surface area contributed by atoms with E-state index in [4.69, 9.17) is 0 Å². The van der Waals surface area contributed by atoms with Crippen LogP contribution < -0.4 is 15.8 Å². The highest BCUT2D eigenvalue weighted by Gasteiger charge is 2.31. The molecule has 0 radical (unpaired) electrons. The van der Waals surface area contributed by atoms with E-state index < -0.39 is 23.0 Å². The van der Waals surface area contributed by atoms with Crippen molar-refractivity contribution in [3.8, 4) is 5.75 Å². The number of aromatic nitrogens is 1. The molecule has 2 aromatic rings. The van der Waals surface area contributed by atoms with Crippen molar-refractivity contribution in [1.29, 1.82) is 0 Å². The number of aryl methyl sites for hydroxylation is 1. The fourth-order valence-electron chi connectivity index (χ4n) is 4.89. The van der Waals surface area contributed by atoms with Gasteiger partial charge in [-0.2, -0.15) is 0 Å². The summed E-state index contributed by atoms with van der Waals surface area (Å²) in [6.07, 6.45) is 3.48. The van der Waals surface area contributed by atoms with E-state index >= 15 is 0 Å². The summed E-state index contributed by atoms with van der Waals surface area (Å²) in [4.78, 5) is 27.4. The van der Waals surface area contributed by atoms with E-state index in [1.807, 2.05) is 6.92 Å². The van der Waals surface area contributed by atoms with Crippen LogP contribution >= 0.6 is 0 Å². The molecule has 1 aromatic heterocycles. The van der Waals surface area contributed by atoms with Crippen molar-refractivity contribution in [2.24, 2.45) is 0 Å². The lowest BCUT2D eigenvalue weighted by Crippen LogP contribution is -3.14. The number of benzene rings is 1. The predicted molar refractivity (Wildman–Crippen MR) is 105 cm³/mol. The Morgan fingerprint density at radius 2 is 2.18 bits per heavy atom. The number of pyridine rings is 1. The van der Waals surface area contributed by atoms with Crippen molar-refractivity contribution in [2.75, 3.05) is 19.6 Å². The molecule has 0 bridgehead atoms.